The van der Waals surface area contributed by atoms with Crippen molar-refractivity contribution < 1.29 is 100 Å². The third kappa shape index (κ3) is 32.9. The molecule has 8 N–H and O–H groups in total. The fourth-order valence-electron chi connectivity index (χ4n) is 5.78. The summed E-state index contributed by atoms with van der Waals surface area (Å²) in [6, 6.07) is 10.6. The van der Waals surface area contributed by atoms with Gasteiger partial charge >= 0.3 is 47.0 Å². The Morgan fingerprint density at radius 3 is 1.36 bits per heavy atom. The molecule has 23 nitrogen and oxygen atoms in total. The van der Waals surface area contributed by atoms with Crippen molar-refractivity contribution in [1.29, 1.82) is 0 Å². The molecule has 0 radical (unpaired) electrons. The van der Waals surface area contributed by atoms with Crippen molar-refractivity contribution in [1.82, 2.24) is 5.32 Å². The summed E-state index contributed by atoms with van der Waals surface area (Å²) in [5.74, 6) is -4.61. The van der Waals surface area contributed by atoms with Gasteiger partial charge in [0.25, 0.3) is 0 Å². The fourth-order valence-corrected chi connectivity index (χ4v) is 8.50. The first-order chi connectivity index (χ1) is 35.4. The Morgan fingerprint density at radius 1 is 0.600 bits per heavy atom. The van der Waals surface area contributed by atoms with E-state index in [0.29, 0.717) is 52.0 Å². The summed E-state index contributed by atoms with van der Waals surface area (Å²) in [5.41, 5.74) is 7.41. The van der Waals surface area contributed by atoms with E-state index >= 15 is 0 Å². The van der Waals surface area contributed by atoms with Gasteiger partial charge in [-0.2, -0.15) is 0 Å². The molecule has 0 fully saturated rings. The molecule has 0 spiro atoms. The van der Waals surface area contributed by atoms with E-state index in [1.807, 2.05) is 13.1 Å². The molecule has 1 amide bonds. The number of carbonyl (C=O) groups excluding carboxylic acids is 5. The van der Waals surface area contributed by atoms with E-state index in [9.17, 15) is 39.0 Å². The Hall–Kier alpha value is -5.91. The third-order valence-electron chi connectivity index (χ3n) is 10.6. The number of hydrogen-bond donors (Lipinski definition) is 7. The summed E-state index contributed by atoms with van der Waals surface area (Å²) in [5, 5.41) is 48.1. The lowest BCUT2D eigenvalue weighted by Crippen LogP contribution is -2.36. The van der Waals surface area contributed by atoms with E-state index in [1.54, 1.807) is 40.6 Å². The number of carboxylic acids is 1. The quantitative estimate of drug-likeness (QED) is 0.0124. The van der Waals surface area contributed by atoms with Gasteiger partial charge in [-0.1, -0.05) is 25.3 Å². The molecule has 2 aromatic carbocycles. The Balaban J connectivity index is 0.00000125. The van der Waals surface area contributed by atoms with Gasteiger partial charge in [0.05, 0.1) is 32.5 Å². The van der Waals surface area contributed by atoms with Gasteiger partial charge in [0.15, 0.2) is 35.2 Å². The molecule has 0 aliphatic heterocycles. The summed E-state index contributed by atoms with van der Waals surface area (Å²) < 4.78 is 53.4. The molecule has 2 unspecified atom stereocenters. The number of nitrogens with two attached hydrogens (primary N) is 1. The fraction of sp³-hybridized carbons (Fsp3) is 0.560. The molecule has 0 saturated heterocycles. The molecular weight excluding hydrogens is 1020 g/mol. The SMILES string of the molecule is C=C(C)C(=O)OCC(COCCC[Si](C)(OC)OC)OC(=O)CCC(=O)NCCc1ccc(O)c(O)c1.C=C(C)C(=O)OCC(COCCC[Si](C)(OC)OC)OC(=O)CCC(=O)O.NCCc1ccc(O)c(O)c1. The van der Waals surface area contributed by atoms with Gasteiger partial charge in [0.2, 0.25) is 5.91 Å². The number of esters is 4. The van der Waals surface area contributed by atoms with Crippen LogP contribution in [0.5, 0.6) is 23.0 Å². The second kappa shape index (κ2) is 38.6. The number of carboxylic acid groups (broad SMARTS) is 1. The maximum Gasteiger partial charge on any atom is 0.334 e. The van der Waals surface area contributed by atoms with Crippen LogP contribution in [-0.4, -0.2) is 172 Å². The predicted octanol–water partition coefficient (Wildman–Crippen LogP) is 4.59. The van der Waals surface area contributed by atoms with Gasteiger partial charge in [0.1, 0.15) is 13.2 Å². The van der Waals surface area contributed by atoms with Crippen LogP contribution in [0, 0.1) is 0 Å². The van der Waals surface area contributed by atoms with Crippen molar-refractivity contribution in [3.8, 4) is 23.0 Å². The molecule has 0 saturated carbocycles. The zero-order valence-corrected chi connectivity index (χ0v) is 46.6. The monoisotopic (exact) mass is 1100 g/mol. The summed E-state index contributed by atoms with van der Waals surface area (Å²) in [6.07, 6.45) is -0.00471. The predicted molar refractivity (Wildman–Crippen MR) is 278 cm³/mol. The molecule has 0 aromatic heterocycles. The number of benzene rings is 2. The van der Waals surface area contributed by atoms with Gasteiger partial charge < -0.3 is 82.7 Å². The molecule has 0 aliphatic rings. The Bertz CT molecular complexity index is 2080. The Kier molecular flexibility index (Phi) is 35.6. The maximum absolute atomic E-state index is 12.3. The molecule has 2 atom stereocenters. The third-order valence-corrected chi connectivity index (χ3v) is 16.6. The highest BCUT2D eigenvalue weighted by atomic mass is 28.4. The van der Waals surface area contributed by atoms with Crippen LogP contribution in [0.2, 0.25) is 25.2 Å². The van der Waals surface area contributed by atoms with Crippen molar-refractivity contribution >= 4 is 52.9 Å². The highest BCUT2D eigenvalue weighted by molar-refractivity contribution is 6.66. The average molecular weight is 1100 g/mol. The molecule has 25 heteroatoms. The van der Waals surface area contributed by atoms with Gasteiger partial charge in [0, 0.05) is 65.8 Å². The van der Waals surface area contributed by atoms with Crippen LogP contribution >= 0.6 is 0 Å². The van der Waals surface area contributed by atoms with Crippen molar-refractivity contribution in [3.63, 3.8) is 0 Å². The number of phenolic OH excluding ortho intramolecular Hbond substituents is 4. The number of nitrogens with one attached hydrogen (secondary N) is 1. The van der Waals surface area contributed by atoms with Crippen LogP contribution < -0.4 is 11.1 Å². The van der Waals surface area contributed by atoms with Crippen molar-refractivity contribution in [2.45, 2.75) is 103 Å². The molecule has 75 heavy (non-hydrogen) atoms. The van der Waals surface area contributed by atoms with Crippen LogP contribution in [-0.2, 0) is 87.7 Å². The van der Waals surface area contributed by atoms with E-state index in [0.717, 1.165) is 23.2 Å². The topological polar surface area (TPSA) is 334 Å². The van der Waals surface area contributed by atoms with E-state index < -0.39 is 59.2 Å². The number of phenols is 4. The summed E-state index contributed by atoms with van der Waals surface area (Å²) in [4.78, 5) is 69.8. The first-order valence-corrected chi connectivity index (χ1v) is 29.0. The number of aliphatic carboxylic acids is 1. The zero-order chi connectivity index (χ0) is 57.0. The molecule has 0 aliphatic carbocycles. The van der Waals surface area contributed by atoms with Gasteiger partial charge in [-0.05, 0) is 107 Å². The summed E-state index contributed by atoms with van der Waals surface area (Å²) in [7, 11) is 2.08. The van der Waals surface area contributed by atoms with Crippen molar-refractivity contribution in [3.05, 3.63) is 71.8 Å². The van der Waals surface area contributed by atoms with Crippen LogP contribution in [0.1, 0.15) is 63.5 Å². The van der Waals surface area contributed by atoms with Gasteiger partial charge in [-0.25, -0.2) is 9.59 Å². The number of amides is 1. The van der Waals surface area contributed by atoms with E-state index in [-0.39, 0.29) is 92.2 Å². The first-order valence-electron chi connectivity index (χ1n) is 24.0. The molecule has 0 heterocycles. The first kappa shape index (κ1) is 69.1. The number of carbonyl (C=O) groups is 6. The molecule has 2 rings (SSSR count). The van der Waals surface area contributed by atoms with Crippen LogP contribution in [0.4, 0.5) is 0 Å². The molecular formula is C50H80N2O21Si2. The lowest BCUT2D eigenvalue weighted by Gasteiger charge is -2.23. The largest absolute Gasteiger partial charge is 0.504 e. The number of rotatable bonds is 35. The maximum atomic E-state index is 12.3. The second-order valence-corrected chi connectivity index (χ2v) is 24.3. The standard InChI is InChI=1S/C25H39NO10Si.C17H30O9Si.C8H11NO2/c1-18(2)25(31)35-17-20(16-34-13-6-14-37(5,32-3)33-4)36-24(30)10-9-23(29)26-12-11-19-7-8-21(27)22(28)15-19;1-13(2)17(21)25-12-14(26-16(20)8-7-15(18)19)11-24-9-6-10-27(5,22-3)23-4;9-4-3-6-1-2-7(10)8(11)5-6/h7-8,15,20,27-28H,1,6,9-14,16-17H2,2-5H3,(H,26,29);14H,1,6-12H2,2-5H3,(H,18,19);1-2,5,10-11H,3-4,9H2. The highest BCUT2D eigenvalue weighted by Gasteiger charge is 2.29. The lowest BCUT2D eigenvalue weighted by molar-refractivity contribution is -0.162. The van der Waals surface area contributed by atoms with Gasteiger partial charge in [-0.3, -0.25) is 19.2 Å². The molecule has 0 bridgehead atoms. The van der Waals surface area contributed by atoms with Crippen molar-refractivity contribution in [2.24, 2.45) is 5.73 Å². The number of aromatic hydroxyl groups is 4. The van der Waals surface area contributed by atoms with E-state index in [1.165, 1.54) is 38.1 Å². The summed E-state index contributed by atoms with van der Waals surface area (Å²) >= 11 is 0. The van der Waals surface area contributed by atoms with Crippen LogP contribution in [0.3, 0.4) is 0 Å². The minimum absolute atomic E-state index is 0.0130. The highest BCUT2D eigenvalue weighted by Crippen LogP contribution is 2.26. The minimum Gasteiger partial charge on any atom is -0.504 e. The van der Waals surface area contributed by atoms with E-state index in [4.69, 9.17) is 67.2 Å². The smallest absolute Gasteiger partial charge is 0.334 e. The van der Waals surface area contributed by atoms with Crippen LogP contribution in [0.25, 0.3) is 0 Å². The Labute approximate surface area is 441 Å². The van der Waals surface area contributed by atoms with Crippen molar-refractivity contribution in [2.75, 3.05) is 81.2 Å². The number of hydrogen-bond acceptors (Lipinski definition) is 21. The zero-order valence-electron chi connectivity index (χ0n) is 44.6. The van der Waals surface area contributed by atoms with E-state index in [2.05, 4.69) is 18.5 Å². The summed E-state index contributed by atoms with van der Waals surface area (Å²) in [6.45, 7) is 15.1. The van der Waals surface area contributed by atoms with Crippen LogP contribution in [0.15, 0.2) is 60.7 Å². The molecule has 2 aromatic rings. The number of ether oxygens (including phenoxy) is 6. The second-order valence-electron chi connectivity index (χ2n) is 17.1. The van der Waals surface area contributed by atoms with Gasteiger partial charge in [-0.15, -0.1) is 0 Å². The minimum atomic E-state index is -2.20. The average Bonchev–Trinajstić information content (AvgIpc) is 3.37. The lowest BCUT2D eigenvalue weighted by atomic mass is 10.1. The Morgan fingerprint density at radius 2 is 1.00 bits per heavy atom. The molecule has 424 valence electrons. The normalized spacial score (nSPS) is 11.8.